The largest absolute Gasteiger partial charge is 0.481 e. The monoisotopic (exact) mass is 454 g/mol. The van der Waals surface area contributed by atoms with Gasteiger partial charge in [-0.05, 0) is 90.8 Å². The van der Waals surface area contributed by atoms with Crippen LogP contribution in [0.2, 0.25) is 0 Å². The molecule has 4 rings (SSSR count). The molecular formula is C30H46O3. The van der Waals surface area contributed by atoms with Crippen LogP contribution in [0.15, 0.2) is 23.8 Å². The normalized spacial score (nSPS) is 49.4. The van der Waals surface area contributed by atoms with Crippen molar-refractivity contribution in [2.75, 3.05) is 0 Å². The molecule has 9 atom stereocenters. The highest BCUT2D eigenvalue weighted by atomic mass is 16.4. The van der Waals surface area contributed by atoms with Crippen LogP contribution in [0.5, 0.6) is 0 Å². The van der Waals surface area contributed by atoms with Crippen molar-refractivity contribution < 1.29 is 14.7 Å². The maximum absolute atomic E-state index is 12.8. The van der Waals surface area contributed by atoms with E-state index < -0.39 is 5.97 Å². The van der Waals surface area contributed by atoms with Crippen LogP contribution in [0, 0.1) is 51.2 Å². The lowest BCUT2D eigenvalue weighted by Gasteiger charge is -2.69. The van der Waals surface area contributed by atoms with Gasteiger partial charge < -0.3 is 5.11 Å². The van der Waals surface area contributed by atoms with E-state index in [0.29, 0.717) is 29.5 Å². The minimum absolute atomic E-state index is 0.0511. The SMILES string of the molecule is C=C(C)C1CCC2(C)C(CC=C3C4C(C)C(C)C(=O)CC4(C)CCC32C)C1(C)CCC(=O)O. The molecule has 0 amide bonds. The first-order valence-corrected chi connectivity index (χ1v) is 13.3. The van der Waals surface area contributed by atoms with Crippen molar-refractivity contribution in [3.8, 4) is 0 Å². The summed E-state index contributed by atoms with van der Waals surface area (Å²) in [5.74, 6) is 1.60. The first kappa shape index (κ1) is 24.7. The van der Waals surface area contributed by atoms with Crippen LogP contribution in [0.1, 0.15) is 99.8 Å². The summed E-state index contributed by atoms with van der Waals surface area (Å²) in [6.45, 7) is 20.8. The van der Waals surface area contributed by atoms with Gasteiger partial charge in [0.05, 0.1) is 0 Å². The van der Waals surface area contributed by atoms with Gasteiger partial charge in [-0.2, -0.15) is 0 Å². The first-order valence-electron chi connectivity index (χ1n) is 13.3. The number of Topliss-reactive ketones (excluding diaryl/α,β-unsaturated/α-hetero) is 1. The van der Waals surface area contributed by atoms with Crippen LogP contribution in [0.3, 0.4) is 0 Å². The van der Waals surface area contributed by atoms with Crippen LogP contribution in [0.4, 0.5) is 0 Å². The fourth-order valence-electron chi connectivity index (χ4n) is 9.67. The molecular weight excluding hydrogens is 408 g/mol. The first-order chi connectivity index (χ1) is 15.2. The molecule has 3 saturated carbocycles. The lowest BCUT2D eigenvalue weighted by molar-refractivity contribution is -0.155. The molecule has 0 aliphatic heterocycles. The number of carboxylic acid groups (broad SMARTS) is 1. The molecule has 33 heavy (non-hydrogen) atoms. The van der Waals surface area contributed by atoms with Crippen LogP contribution >= 0.6 is 0 Å². The Kier molecular flexibility index (Phi) is 5.86. The second kappa shape index (κ2) is 7.82. The number of carbonyl (C=O) groups excluding carboxylic acids is 1. The second-order valence-electron chi connectivity index (χ2n) is 13.5. The average molecular weight is 455 g/mol. The Morgan fingerprint density at radius 2 is 1.82 bits per heavy atom. The van der Waals surface area contributed by atoms with Crippen molar-refractivity contribution in [3.63, 3.8) is 0 Å². The summed E-state index contributed by atoms with van der Waals surface area (Å²) >= 11 is 0. The minimum Gasteiger partial charge on any atom is -0.481 e. The number of ketones is 1. The molecule has 0 aromatic rings. The van der Waals surface area contributed by atoms with Gasteiger partial charge in [0.25, 0.3) is 0 Å². The van der Waals surface area contributed by atoms with Crippen LogP contribution in [-0.4, -0.2) is 16.9 Å². The quantitative estimate of drug-likeness (QED) is 0.448. The van der Waals surface area contributed by atoms with E-state index in [-0.39, 0.29) is 34.0 Å². The van der Waals surface area contributed by atoms with Gasteiger partial charge in [-0.3, -0.25) is 9.59 Å². The molecule has 3 heteroatoms. The van der Waals surface area contributed by atoms with Gasteiger partial charge in [0.15, 0.2) is 0 Å². The van der Waals surface area contributed by atoms with Crippen molar-refractivity contribution in [1.29, 1.82) is 0 Å². The van der Waals surface area contributed by atoms with E-state index in [4.69, 9.17) is 0 Å². The van der Waals surface area contributed by atoms with Gasteiger partial charge in [-0.15, -0.1) is 0 Å². The fraction of sp³-hybridized carbons (Fsp3) is 0.800. The van der Waals surface area contributed by atoms with Gasteiger partial charge in [0, 0.05) is 18.8 Å². The number of fused-ring (bicyclic) bond motifs is 5. The topological polar surface area (TPSA) is 54.4 Å². The number of hydrogen-bond donors (Lipinski definition) is 1. The number of carbonyl (C=O) groups is 2. The predicted molar refractivity (Wildman–Crippen MR) is 134 cm³/mol. The lowest BCUT2D eigenvalue weighted by atomic mass is 9.35. The van der Waals surface area contributed by atoms with Crippen LogP contribution in [0.25, 0.3) is 0 Å². The van der Waals surface area contributed by atoms with E-state index in [1.807, 2.05) is 0 Å². The molecule has 0 spiro atoms. The summed E-state index contributed by atoms with van der Waals surface area (Å²) < 4.78 is 0. The van der Waals surface area contributed by atoms with E-state index in [1.54, 1.807) is 5.57 Å². The highest BCUT2D eigenvalue weighted by molar-refractivity contribution is 5.83. The third-order valence-electron chi connectivity index (χ3n) is 11.9. The molecule has 3 nitrogen and oxygen atoms in total. The zero-order valence-corrected chi connectivity index (χ0v) is 22.1. The summed E-state index contributed by atoms with van der Waals surface area (Å²) in [6.07, 6.45) is 9.83. The Labute approximate surface area is 201 Å². The third-order valence-corrected chi connectivity index (χ3v) is 11.9. The highest BCUT2D eigenvalue weighted by Gasteiger charge is 2.66. The maximum atomic E-state index is 12.8. The molecule has 4 aliphatic rings. The fourth-order valence-corrected chi connectivity index (χ4v) is 9.67. The van der Waals surface area contributed by atoms with Crippen molar-refractivity contribution in [3.05, 3.63) is 23.8 Å². The van der Waals surface area contributed by atoms with E-state index >= 15 is 0 Å². The molecule has 0 heterocycles. The van der Waals surface area contributed by atoms with E-state index in [2.05, 4.69) is 61.1 Å². The molecule has 9 unspecified atom stereocenters. The van der Waals surface area contributed by atoms with Crippen molar-refractivity contribution in [2.45, 2.75) is 99.8 Å². The molecule has 0 saturated heterocycles. The van der Waals surface area contributed by atoms with Crippen molar-refractivity contribution >= 4 is 11.8 Å². The third kappa shape index (κ3) is 3.34. The van der Waals surface area contributed by atoms with Crippen LogP contribution in [-0.2, 0) is 9.59 Å². The Morgan fingerprint density at radius 1 is 1.15 bits per heavy atom. The second-order valence-corrected chi connectivity index (χ2v) is 13.5. The Hall–Kier alpha value is -1.38. The van der Waals surface area contributed by atoms with E-state index in [9.17, 15) is 14.7 Å². The molecule has 4 aliphatic carbocycles. The van der Waals surface area contributed by atoms with Gasteiger partial charge in [-0.1, -0.05) is 65.3 Å². The number of hydrogen-bond acceptors (Lipinski definition) is 2. The summed E-state index contributed by atoms with van der Waals surface area (Å²) in [6, 6.07) is 0. The number of aliphatic carboxylic acids is 1. The molecule has 0 bridgehead atoms. The molecule has 0 aromatic heterocycles. The van der Waals surface area contributed by atoms with Gasteiger partial charge in [0.1, 0.15) is 5.78 Å². The molecule has 0 radical (unpaired) electrons. The van der Waals surface area contributed by atoms with Gasteiger partial charge >= 0.3 is 5.97 Å². The summed E-state index contributed by atoms with van der Waals surface area (Å²) in [5, 5.41) is 9.55. The Balaban J connectivity index is 1.81. The van der Waals surface area contributed by atoms with Crippen molar-refractivity contribution in [1.82, 2.24) is 0 Å². The minimum atomic E-state index is -0.690. The number of rotatable bonds is 4. The Morgan fingerprint density at radius 3 is 2.42 bits per heavy atom. The number of carboxylic acids is 1. The highest BCUT2D eigenvalue weighted by Crippen LogP contribution is 2.73. The molecule has 0 aromatic carbocycles. The maximum Gasteiger partial charge on any atom is 0.303 e. The van der Waals surface area contributed by atoms with Gasteiger partial charge in [-0.25, -0.2) is 0 Å². The average Bonchev–Trinajstić information content (AvgIpc) is 2.71. The molecule has 1 N–H and O–H groups in total. The standard InChI is InChI=1S/C30H46O3/c1-18(2)21-11-14-30(8)24(28(21,6)13-12-25(32)33)10-9-22-26-20(4)19(3)23(31)17-27(26,5)15-16-29(22,30)7/h9,19-21,24,26H,1,10-17H2,2-8H3,(H,32,33). The molecule has 3 fully saturated rings. The predicted octanol–water partition coefficient (Wildman–Crippen LogP) is 7.46. The summed E-state index contributed by atoms with van der Waals surface area (Å²) in [7, 11) is 0. The number of allylic oxidation sites excluding steroid dienone is 3. The zero-order valence-electron chi connectivity index (χ0n) is 22.1. The van der Waals surface area contributed by atoms with E-state index in [1.165, 1.54) is 12.0 Å². The molecule has 184 valence electrons. The smallest absolute Gasteiger partial charge is 0.303 e. The van der Waals surface area contributed by atoms with E-state index in [0.717, 1.165) is 38.5 Å². The van der Waals surface area contributed by atoms with Gasteiger partial charge in [0.2, 0.25) is 0 Å². The van der Waals surface area contributed by atoms with Crippen molar-refractivity contribution in [2.24, 2.45) is 51.2 Å². The van der Waals surface area contributed by atoms with Crippen LogP contribution < -0.4 is 0 Å². The zero-order chi connectivity index (χ0) is 24.6. The summed E-state index contributed by atoms with van der Waals surface area (Å²) in [5.41, 5.74) is 3.13. The lowest BCUT2D eigenvalue weighted by Crippen LogP contribution is -2.62. The summed E-state index contributed by atoms with van der Waals surface area (Å²) in [4.78, 5) is 24.4. The Bertz CT molecular complexity index is 900.